The third-order valence-electron chi connectivity index (χ3n) is 3.07. The second kappa shape index (κ2) is 4.90. The highest BCUT2D eigenvalue weighted by Gasteiger charge is 2.19. The first kappa shape index (κ1) is 13.4. The number of aryl methyl sites for hydroxylation is 1. The number of benzene rings is 1. The van der Waals surface area contributed by atoms with E-state index in [-0.39, 0.29) is 12.0 Å². The molecule has 2 rings (SSSR count). The molecule has 1 aromatic heterocycles. The van der Waals surface area contributed by atoms with Gasteiger partial charge in [-0.2, -0.15) is 0 Å². The monoisotopic (exact) mass is 264 g/mol. The summed E-state index contributed by atoms with van der Waals surface area (Å²) >= 11 is 1.75. The van der Waals surface area contributed by atoms with E-state index in [1.165, 1.54) is 9.58 Å². The Balaban J connectivity index is 2.44. The molecule has 0 amide bonds. The number of hydrogen-bond donors (Lipinski definition) is 2. The van der Waals surface area contributed by atoms with Crippen LogP contribution in [0.4, 0.5) is 0 Å². The molecule has 0 radical (unpaired) electrons. The zero-order valence-corrected chi connectivity index (χ0v) is 12.0. The van der Waals surface area contributed by atoms with E-state index in [2.05, 4.69) is 32.9 Å². The summed E-state index contributed by atoms with van der Waals surface area (Å²) in [6.45, 7) is 6.54. The van der Waals surface area contributed by atoms with Crippen LogP contribution in [0, 0.1) is 0 Å². The van der Waals surface area contributed by atoms with Crippen molar-refractivity contribution >= 4 is 21.4 Å². The van der Waals surface area contributed by atoms with E-state index < -0.39 is 0 Å². The predicted octanol–water partition coefficient (Wildman–Crippen LogP) is 3.83. The van der Waals surface area contributed by atoms with E-state index >= 15 is 0 Å². The van der Waals surface area contributed by atoms with Crippen molar-refractivity contribution in [3.8, 4) is 5.75 Å². The van der Waals surface area contributed by atoms with Gasteiger partial charge in [-0.1, -0.05) is 20.8 Å². The third-order valence-corrected chi connectivity index (χ3v) is 4.23. The van der Waals surface area contributed by atoms with Gasteiger partial charge in [0.2, 0.25) is 0 Å². The first-order valence-electron chi connectivity index (χ1n) is 6.28. The molecule has 98 valence electrons. The molecule has 3 heteroatoms. The van der Waals surface area contributed by atoms with Gasteiger partial charge < -0.3 is 10.2 Å². The molecule has 1 aromatic carbocycles. The topological polar surface area (TPSA) is 40.5 Å². The Labute approximate surface area is 112 Å². The van der Waals surface area contributed by atoms with Crippen LogP contribution in [0.2, 0.25) is 0 Å². The van der Waals surface area contributed by atoms with E-state index in [1.807, 2.05) is 6.07 Å². The van der Waals surface area contributed by atoms with Gasteiger partial charge in [0.25, 0.3) is 0 Å². The minimum Gasteiger partial charge on any atom is -0.508 e. The highest BCUT2D eigenvalue weighted by atomic mass is 32.1. The van der Waals surface area contributed by atoms with Gasteiger partial charge in [-0.05, 0) is 41.8 Å². The highest BCUT2D eigenvalue weighted by Crippen LogP contribution is 2.37. The van der Waals surface area contributed by atoms with Crippen molar-refractivity contribution in [3.63, 3.8) is 0 Å². The van der Waals surface area contributed by atoms with Gasteiger partial charge in [0, 0.05) is 21.7 Å². The summed E-state index contributed by atoms with van der Waals surface area (Å²) in [5.41, 5.74) is 0.943. The predicted molar refractivity (Wildman–Crippen MR) is 77.6 cm³/mol. The fourth-order valence-electron chi connectivity index (χ4n) is 2.11. The van der Waals surface area contributed by atoms with Crippen molar-refractivity contribution in [2.45, 2.75) is 39.0 Å². The second-order valence-corrected chi connectivity index (χ2v) is 6.87. The summed E-state index contributed by atoms with van der Waals surface area (Å²) in [5.74, 6) is 0.376. The quantitative estimate of drug-likeness (QED) is 0.884. The molecule has 0 atom stereocenters. The lowest BCUT2D eigenvalue weighted by atomic mass is 9.86. The Bertz CT molecular complexity index is 549. The SMILES string of the molecule is CC(C)(C)c1cc2sc(CCCO)cc2cc1O. The number of fused-ring (bicyclic) bond motifs is 1. The summed E-state index contributed by atoms with van der Waals surface area (Å²) < 4.78 is 1.21. The molecule has 0 aliphatic rings. The van der Waals surface area contributed by atoms with E-state index in [1.54, 1.807) is 11.3 Å². The molecule has 0 saturated heterocycles. The molecular weight excluding hydrogens is 244 g/mol. The number of aliphatic hydroxyl groups excluding tert-OH is 1. The van der Waals surface area contributed by atoms with Crippen molar-refractivity contribution in [1.29, 1.82) is 0 Å². The molecule has 2 nitrogen and oxygen atoms in total. The molecule has 0 aliphatic heterocycles. The van der Waals surface area contributed by atoms with Gasteiger partial charge in [0.1, 0.15) is 5.75 Å². The fraction of sp³-hybridized carbons (Fsp3) is 0.467. The Morgan fingerprint density at radius 1 is 1.17 bits per heavy atom. The number of hydrogen-bond acceptors (Lipinski definition) is 3. The second-order valence-electron chi connectivity index (χ2n) is 5.70. The van der Waals surface area contributed by atoms with Crippen molar-refractivity contribution in [3.05, 3.63) is 28.6 Å². The van der Waals surface area contributed by atoms with Crippen LogP contribution < -0.4 is 0 Å². The van der Waals surface area contributed by atoms with Crippen LogP contribution in [0.3, 0.4) is 0 Å². The molecule has 18 heavy (non-hydrogen) atoms. The maximum Gasteiger partial charge on any atom is 0.119 e. The summed E-state index contributed by atoms with van der Waals surface area (Å²) in [7, 11) is 0. The lowest BCUT2D eigenvalue weighted by molar-refractivity contribution is 0.289. The lowest BCUT2D eigenvalue weighted by Gasteiger charge is -2.20. The van der Waals surface area contributed by atoms with Crippen LogP contribution in [0.1, 0.15) is 37.6 Å². The zero-order valence-electron chi connectivity index (χ0n) is 11.2. The first-order valence-corrected chi connectivity index (χ1v) is 7.10. The molecule has 0 saturated carbocycles. The van der Waals surface area contributed by atoms with E-state index in [4.69, 9.17) is 5.11 Å². The van der Waals surface area contributed by atoms with Gasteiger partial charge in [0.05, 0.1) is 0 Å². The van der Waals surface area contributed by atoms with Crippen LogP contribution in [0.15, 0.2) is 18.2 Å². The van der Waals surface area contributed by atoms with Gasteiger partial charge in [0.15, 0.2) is 0 Å². The third kappa shape index (κ3) is 2.68. The first-order chi connectivity index (χ1) is 8.41. The smallest absolute Gasteiger partial charge is 0.119 e. The number of rotatable bonds is 3. The normalized spacial score (nSPS) is 12.2. The van der Waals surface area contributed by atoms with E-state index in [0.29, 0.717) is 5.75 Å². The summed E-state index contributed by atoms with van der Waals surface area (Å²) in [6.07, 6.45) is 1.70. The summed E-state index contributed by atoms with van der Waals surface area (Å²) in [4.78, 5) is 1.27. The van der Waals surface area contributed by atoms with Crippen LogP contribution in [0.25, 0.3) is 10.1 Å². The Hall–Kier alpha value is -1.06. The van der Waals surface area contributed by atoms with Gasteiger partial charge >= 0.3 is 0 Å². The van der Waals surface area contributed by atoms with Crippen molar-refractivity contribution in [2.75, 3.05) is 6.61 Å². The maximum atomic E-state index is 10.1. The number of thiophene rings is 1. The largest absolute Gasteiger partial charge is 0.508 e. The van der Waals surface area contributed by atoms with Crippen molar-refractivity contribution < 1.29 is 10.2 Å². The molecule has 1 heterocycles. The van der Waals surface area contributed by atoms with E-state index in [0.717, 1.165) is 23.8 Å². The van der Waals surface area contributed by atoms with Crippen LogP contribution in [-0.4, -0.2) is 16.8 Å². The van der Waals surface area contributed by atoms with Crippen LogP contribution in [-0.2, 0) is 11.8 Å². The minimum absolute atomic E-state index is 0.0481. The van der Waals surface area contributed by atoms with Crippen molar-refractivity contribution in [1.82, 2.24) is 0 Å². The average molecular weight is 264 g/mol. The maximum absolute atomic E-state index is 10.1. The molecule has 0 fully saturated rings. The average Bonchev–Trinajstić information content (AvgIpc) is 2.65. The molecule has 0 aliphatic carbocycles. The van der Waals surface area contributed by atoms with Crippen LogP contribution in [0.5, 0.6) is 5.75 Å². The Morgan fingerprint density at radius 3 is 2.50 bits per heavy atom. The minimum atomic E-state index is -0.0481. The molecule has 0 spiro atoms. The molecule has 2 aromatic rings. The number of phenols is 1. The molecule has 0 unspecified atom stereocenters. The number of phenolic OH excluding ortho intramolecular Hbond substituents is 1. The Kier molecular flexibility index (Phi) is 3.64. The van der Waals surface area contributed by atoms with Crippen molar-refractivity contribution in [2.24, 2.45) is 0 Å². The number of aromatic hydroxyl groups is 1. The standard InChI is InChI=1S/C15H20O2S/c1-15(2,3)12-9-14-10(8-13(12)17)7-11(18-14)5-4-6-16/h7-9,16-17H,4-6H2,1-3H3. The Morgan fingerprint density at radius 2 is 1.89 bits per heavy atom. The highest BCUT2D eigenvalue weighted by molar-refractivity contribution is 7.19. The van der Waals surface area contributed by atoms with Crippen LogP contribution >= 0.6 is 11.3 Å². The van der Waals surface area contributed by atoms with Gasteiger partial charge in [-0.15, -0.1) is 11.3 Å². The van der Waals surface area contributed by atoms with Gasteiger partial charge in [-0.25, -0.2) is 0 Å². The molecule has 2 N–H and O–H groups in total. The summed E-state index contributed by atoms with van der Waals surface area (Å²) in [5, 5.41) is 20.1. The van der Waals surface area contributed by atoms with E-state index in [9.17, 15) is 5.11 Å². The molecule has 0 bridgehead atoms. The van der Waals surface area contributed by atoms with Gasteiger partial charge in [-0.3, -0.25) is 0 Å². The zero-order chi connectivity index (χ0) is 13.3. The number of aliphatic hydroxyl groups is 1. The molecular formula is C15H20O2S. The lowest BCUT2D eigenvalue weighted by Crippen LogP contribution is -2.10. The fourth-order valence-corrected chi connectivity index (χ4v) is 3.23. The summed E-state index contributed by atoms with van der Waals surface area (Å²) in [6, 6.07) is 6.06.